The highest BCUT2D eigenvalue weighted by Crippen LogP contribution is 2.22. The first-order chi connectivity index (χ1) is 9.31. The van der Waals surface area contributed by atoms with Crippen molar-refractivity contribution in [2.24, 2.45) is 0 Å². The van der Waals surface area contributed by atoms with Gasteiger partial charge < -0.3 is 0 Å². The van der Waals surface area contributed by atoms with Crippen LogP contribution in [0.5, 0.6) is 0 Å². The molecule has 0 atom stereocenters. The summed E-state index contributed by atoms with van der Waals surface area (Å²) in [4.78, 5) is 4.33. The molecule has 0 N–H and O–H groups in total. The smallest absolute Gasteiger partial charge is 0.190 e. The molecule has 5 nitrogen and oxygen atoms in total. The molecule has 1 aromatic heterocycles. The van der Waals surface area contributed by atoms with Crippen LogP contribution in [0.15, 0.2) is 30.3 Å². The van der Waals surface area contributed by atoms with Crippen LogP contribution in [0, 0.1) is 34.1 Å². The van der Waals surface area contributed by atoms with E-state index in [9.17, 15) is 5.26 Å². The molecule has 0 saturated heterocycles. The third kappa shape index (κ3) is 2.29. The van der Waals surface area contributed by atoms with Gasteiger partial charge in [-0.15, -0.1) is 0 Å². The van der Waals surface area contributed by atoms with E-state index in [4.69, 9.17) is 10.5 Å². The van der Waals surface area contributed by atoms with Crippen molar-refractivity contribution in [3.8, 4) is 29.7 Å². The molecule has 0 aliphatic carbocycles. The van der Waals surface area contributed by atoms with Gasteiger partial charge in [-0.3, -0.25) is 0 Å². The van der Waals surface area contributed by atoms with E-state index in [-0.39, 0.29) is 12.8 Å². The predicted octanol–water partition coefficient (Wildman–Crippen LogP) is 2.01. The lowest BCUT2D eigenvalue weighted by atomic mass is 10.2. The molecule has 0 amide bonds. The normalized spacial score (nSPS) is 9.32. The lowest BCUT2D eigenvalue weighted by Crippen LogP contribution is -1.99. The fourth-order valence-electron chi connectivity index (χ4n) is 1.86. The summed E-state index contributed by atoms with van der Waals surface area (Å²) in [5.41, 5.74) is 1.77. The second-order valence-corrected chi connectivity index (χ2v) is 3.80. The zero-order valence-corrected chi connectivity index (χ0v) is 10.0. The Labute approximate surface area is 110 Å². The second-order valence-electron chi connectivity index (χ2n) is 3.80. The lowest BCUT2D eigenvalue weighted by Gasteiger charge is -2.00. The van der Waals surface area contributed by atoms with Gasteiger partial charge >= 0.3 is 0 Å². The summed E-state index contributed by atoms with van der Waals surface area (Å²) in [6.45, 7) is 0. The van der Waals surface area contributed by atoms with Crippen LogP contribution in [0.1, 0.15) is 11.4 Å². The predicted molar refractivity (Wildman–Crippen MR) is 67.3 cm³/mol. The van der Waals surface area contributed by atoms with E-state index in [1.54, 1.807) is 0 Å². The number of benzene rings is 1. The fraction of sp³-hybridized carbons (Fsp3) is 0.143. The molecule has 0 bridgehead atoms. The quantitative estimate of drug-likeness (QED) is 0.829. The Morgan fingerprint density at radius 1 is 1.00 bits per heavy atom. The number of imidazole rings is 1. The molecule has 0 saturated carbocycles. The van der Waals surface area contributed by atoms with Gasteiger partial charge in [-0.05, 0) is 0 Å². The highest BCUT2D eigenvalue weighted by atomic mass is 15.1. The van der Waals surface area contributed by atoms with Crippen LogP contribution in [0.4, 0.5) is 0 Å². The van der Waals surface area contributed by atoms with Crippen LogP contribution in [0.3, 0.4) is 0 Å². The third-order valence-corrected chi connectivity index (χ3v) is 2.68. The monoisotopic (exact) mass is 247 g/mol. The van der Waals surface area contributed by atoms with Gasteiger partial charge in [0.15, 0.2) is 12.0 Å². The van der Waals surface area contributed by atoms with Crippen molar-refractivity contribution in [3.05, 3.63) is 41.7 Å². The summed E-state index contributed by atoms with van der Waals surface area (Å²) in [5, 5.41) is 26.9. The van der Waals surface area contributed by atoms with Gasteiger partial charge in [0, 0.05) is 5.56 Å². The molecule has 0 aliphatic rings. The van der Waals surface area contributed by atoms with E-state index >= 15 is 0 Å². The number of nitrogens with zero attached hydrogens (tertiary/aromatic N) is 5. The van der Waals surface area contributed by atoms with Crippen LogP contribution in [-0.4, -0.2) is 9.55 Å². The molecule has 0 radical (unpaired) electrons. The maximum atomic E-state index is 9.25. The highest BCUT2D eigenvalue weighted by molar-refractivity contribution is 5.58. The van der Waals surface area contributed by atoms with Crippen molar-refractivity contribution < 1.29 is 0 Å². The van der Waals surface area contributed by atoms with Gasteiger partial charge in [-0.25, -0.2) is 9.55 Å². The molecule has 1 heterocycles. The largest absolute Gasteiger partial charge is 0.231 e. The average molecular weight is 247 g/mol. The Bertz CT molecular complexity index is 707. The number of hydrogen-bond acceptors (Lipinski definition) is 4. The van der Waals surface area contributed by atoms with Crippen LogP contribution < -0.4 is 0 Å². The Morgan fingerprint density at radius 2 is 1.68 bits per heavy atom. The Morgan fingerprint density at radius 3 is 2.26 bits per heavy atom. The Hall–Kier alpha value is -3.10. The van der Waals surface area contributed by atoms with E-state index in [0.29, 0.717) is 17.2 Å². The van der Waals surface area contributed by atoms with Crippen LogP contribution in [0.2, 0.25) is 0 Å². The molecular weight excluding hydrogens is 238 g/mol. The number of nitriles is 3. The Kier molecular flexibility index (Phi) is 3.57. The van der Waals surface area contributed by atoms with Gasteiger partial charge in [0.25, 0.3) is 0 Å². The number of aromatic nitrogens is 2. The van der Waals surface area contributed by atoms with E-state index in [0.717, 1.165) is 5.56 Å². The van der Waals surface area contributed by atoms with Gasteiger partial charge in [-0.1, -0.05) is 30.3 Å². The van der Waals surface area contributed by atoms with E-state index < -0.39 is 0 Å². The first kappa shape index (κ1) is 12.4. The first-order valence-electron chi connectivity index (χ1n) is 5.61. The standard InChI is InChI=1S/C14H9N5/c15-8-6-12-13(7-9-16)19(10-17)14(18-12)11-4-2-1-3-5-11/h1-5H,6-7H2. The zero-order valence-electron chi connectivity index (χ0n) is 10.0. The Balaban J connectivity index is 2.64. The zero-order chi connectivity index (χ0) is 13.7. The summed E-state index contributed by atoms with van der Waals surface area (Å²) in [6.07, 6.45) is 2.17. The second kappa shape index (κ2) is 5.49. The van der Waals surface area contributed by atoms with Crippen molar-refractivity contribution in [1.82, 2.24) is 9.55 Å². The third-order valence-electron chi connectivity index (χ3n) is 2.68. The molecule has 5 heteroatoms. The lowest BCUT2D eigenvalue weighted by molar-refractivity contribution is 0.980. The molecule has 1 aromatic carbocycles. The molecule has 90 valence electrons. The maximum absolute atomic E-state index is 9.25. The molecule has 2 rings (SSSR count). The SMILES string of the molecule is N#CCc1nc(-c2ccccc2)n(C#N)c1CC#N. The van der Waals surface area contributed by atoms with Crippen LogP contribution in [-0.2, 0) is 12.8 Å². The summed E-state index contributed by atoms with van der Waals surface area (Å²) in [7, 11) is 0. The van der Waals surface area contributed by atoms with Crippen LogP contribution in [0.25, 0.3) is 11.4 Å². The first-order valence-corrected chi connectivity index (χ1v) is 5.61. The summed E-state index contributed by atoms with van der Waals surface area (Å²) < 4.78 is 1.32. The van der Waals surface area contributed by atoms with E-state index in [1.807, 2.05) is 48.7 Å². The number of rotatable bonds is 3. The molecule has 19 heavy (non-hydrogen) atoms. The van der Waals surface area contributed by atoms with Gasteiger partial charge in [0.2, 0.25) is 0 Å². The molecule has 0 spiro atoms. The van der Waals surface area contributed by atoms with Crippen molar-refractivity contribution in [2.45, 2.75) is 12.8 Å². The van der Waals surface area contributed by atoms with Crippen molar-refractivity contribution in [3.63, 3.8) is 0 Å². The maximum Gasteiger partial charge on any atom is 0.190 e. The highest BCUT2D eigenvalue weighted by Gasteiger charge is 2.17. The average Bonchev–Trinajstić information content (AvgIpc) is 2.79. The van der Waals surface area contributed by atoms with Crippen LogP contribution >= 0.6 is 0 Å². The van der Waals surface area contributed by atoms with Gasteiger partial charge in [0.05, 0.1) is 36.4 Å². The minimum absolute atomic E-state index is 0.0599. The topological polar surface area (TPSA) is 89.2 Å². The molecule has 0 fully saturated rings. The molecule has 2 aromatic rings. The van der Waals surface area contributed by atoms with Crippen molar-refractivity contribution >= 4 is 0 Å². The van der Waals surface area contributed by atoms with Crippen molar-refractivity contribution in [1.29, 1.82) is 15.8 Å². The number of hydrogen-bond donors (Lipinski definition) is 0. The summed E-state index contributed by atoms with van der Waals surface area (Å²) in [6, 6.07) is 13.2. The summed E-state index contributed by atoms with van der Waals surface area (Å²) in [5.74, 6) is 0.471. The molecule has 0 aliphatic heterocycles. The van der Waals surface area contributed by atoms with Gasteiger partial charge in [0.1, 0.15) is 0 Å². The molecule has 0 unspecified atom stereocenters. The van der Waals surface area contributed by atoms with Gasteiger partial charge in [-0.2, -0.15) is 15.8 Å². The summed E-state index contributed by atoms with van der Waals surface area (Å²) >= 11 is 0. The molecular formula is C14H9N5. The minimum atomic E-state index is 0.0599. The minimum Gasteiger partial charge on any atom is -0.231 e. The van der Waals surface area contributed by atoms with Crippen molar-refractivity contribution in [2.75, 3.05) is 0 Å². The fourth-order valence-corrected chi connectivity index (χ4v) is 1.86. The van der Waals surface area contributed by atoms with E-state index in [2.05, 4.69) is 4.98 Å². The van der Waals surface area contributed by atoms with E-state index in [1.165, 1.54) is 4.57 Å².